The highest BCUT2D eigenvalue weighted by molar-refractivity contribution is 5.82. The van der Waals surface area contributed by atoms with Crippen LogP contribution in [0.2, 0.25) is 0 Å². The van der Waals surface area contributed by atoms with Crippen LogP contribution in [0.3, 0.4) is 0 Å². The van der Waals surface area contributed by atoms with Gasteiger partial charge in [-0.15, -0.1) is 0 Å². The van der Waals surface area contributed by atoms with Crippen molar-refractivity contribution in [3.8, 4) is 5.75 Å². The van der Waals surface area contributed by atoms with Gasteiger partial charge in [0.2, 0.25) is 0 Å². The van der Waals surface area contributed by atoms with E-state index in [-0.39, 0.29) is 18.0 Å². The molecule has 0 atom stereocenters. The number of fused-ring (bicyclic) bond motifs is 1. The lowest BCUT2D eigenvalue weighted by molar-refractivity contribution is -0.151. The fourth-order valence-electron chi connectivity index (χ4n) is 2.26. The maximum absolute atomic E-state index is 11.3. The van der Waals surface area contributed by atoms with Gasteiger partial charge in [-0.25, -0.2) is 0 Å². The first kappa shape index (κ1) is 11.1. The molecule has 94 valence electrons. The first-order valence-electron chi connectivity index (χ1n) is 5.98. The fraction of sp³-hybridized carbons (Fsp3) is 0.357. The zero-order valence-electron chi connectivity index (χ0n) is 10.1. The minimum atomic E-state index is -0.147. The molecular weight excluding hydrogens is 232 g/mol. The van der Waals surface area contributed by atoms with E-state index in [1.807, 2.05) is 24.3 Å². The van der Waals surface area contributed by atoms with Crippen molar-refractivity contribution in [1.29, 1.82) is 0 Å². The zero-order chi connectivity index (χ0) is 12.5. The second-order valence-corrected chi connectivity index (χ2v) is 4.53. The van der Waals surface area contributed by atoms with Gasteiger partial charge in [-0.3, -0.25) is 4.79 Å². The summed E-state index contributed by atoms with van der Waals surface area (Å²) in [5, 5.41) is 1.02. The van der Waals surface area contributed by atoms with Gasteiger partial charge in [-0.1, -0.05) is 12.1 Å². The molecule has 0 aliphatic heterocycles. The van der Waals surface area contributed by atoms with Crippen molar-refractivity contribution in [3.05, 3.63) is 30.5 Å². The fourth-order valence-corrected chi connectivity index (χ4v) is 2.26. The number of benzene rings is 1. The van der Waals surface area contributed by atoms with Crippen molar-refractivity contribution in [3.63, 3.8) is 0 Å². The zero-order valence-corrected chi connectivity index (χ0v) is 10.1. The van der Waals surface area contributed by atoms with Gasteiger partial charge in [-0.05, 0) is 25.0 Å². The smallest absolute Gasteiger partial charge is 0.308 e. The van der Waals surface area contributed by atoms with E-state index in [4.69, 9.17) is 13.9 Å². The van der Waals surface area contributed by atoms with Crippen LogP contribution in [0.25, 0.3) is 11.0 Å². The Balaban J connectivity index is 1.68. The summed E-state index contributed by atoms with van der Waals surface area (Å²) in [5.41, 5.74) is 0.763. The number of para-hydroxylation sites is 1. The molecule has 4 heteroatoms. The average Bonchev–Trinajstić information content (AvgIpc) is 2.81. The Morgan fingerprint density at radius 1 is 1.33 bits per heavy atom. The molecular formula is C14H14O4. The monoisotopic (exact) mass is 246 g/mol. The van der Waals surface area contributed by atoms with E-state index in [9.17, 15) is 4.79 Å². The van der Waals surface area contributed by atoms with Gasteiger partial charge < -0.3 is 13.9 Å². The molecule has 0 amide bonds. The van der Waals surface area contributed by atoms with E-state index in [0.717, 1.165) is 16.7 Å². The molecule has 1 fully saturated rings. The Kier molecular flexibility index (Phi) is 2.70. The molecule has 1 aliphatic rings. The van der Waals surface area contributed by atoms with Crippen LogP contribution in [0, 0.1) is 5.92 Å². The lowest BCUT2D eigenvalue weighted by atomic mass is 9.82. The van der Waals surface area contributed by atoms with Crippen molar-refractivity contribution in [2.75, 3.05) is 7.11 Å². The average molecular weight is 246 g/mol. The van der Waals surface area contributed by atoms with Gasteiger partial charge in [0.05, 0.1) is 19.3 Å². The largest absolute Gasteiger partial charge is 0.486 e. The van der Waals surface area contributed by atoms with Crippen LogP contribution in [-0.4, -0.2) is 19.2 Å². The van der Waals surface area contributed by atoms with Crippen molar-refractivity contribution in [2.45, 2.75) is 18.9 Å². The number of methoxy groups -OCH3 is 1. The maximum Gasteiger partial charge on any atom is 0.308 e. The summed E-state index contributed by atoms with van der Waals surface area (Å²) in [6.45, 7) is 0. The van der Waals surface area contributed by atoms with Crippen LogP contribution in [0.15, 0.2) is 34.9 Å². The lowest BCUT2D eigenvalue weighted by Gasteiger charge is -2.33. The molecule has 0 unspecified atom stereocenters. The third-order valence-corrected chi connectivity index (χ3v) is 3.37. The van der Waals surface area contributed by atoms with Crippen LogP contribution in [0.1, 0.15) is 12.8 Å². The minimum absolute atomic E-state index is 0.0178. The molecule has 1 heterocycles. The van der Waals surface area contributed by atoms with Gasteiger partial charge in [0.15, 0.2) is 11.3 Å². The number of hydrogen-bond acceptors (Lipinski definition) is 4. The third kappa shape index (κ3) is 1.83. The molecule has 0 spiro atoms. The van der Waals surface area contributed by atoms with Crippen molar-refractivity contribution in [2.24, 2.45) is 5.92 Å². The van der Waals surface area contributed by atoms with Crippen molar-refractivity contribution >= 4 is 16.9 Å². The highest BCUT2D eigenvalue weighted by Gasteiger charge is 2.37. The Bertz CT molecular complexity index is 566. The standard InChI is InChI=1S/C14H14O4/c1-16-14(15)10-7-11(8-10)18-12-4-2-3-9-5-6-17-13(9)12/h2-6,10-11H,7-8H2,1H3/t10-,11-. The van der Waals surface area contributed by atoms with Crippen molar-refractivity contribution in [1.82, 2.24) is 0 Å². The number of hydrogen-bond donors (Lipinski definition) is 0. The van der Waals surface area contributed by atoms with Gasteiger partial charge in [-0.2, -0.15) is 0 Å². The minimum Gasteiger partial charge on any atom is -0.486 e. The van der Waals surface area contributed by atoms with Gasteiger partial charge in [0, 0.05) is 5.39 Å². The topological polar surface area (TPSA) is 48.7 Å². The molecule has 1 saturated carbocycles. The van der Waals surface area contributed by atoms with Crippen LogP contribution in [0.4, 0.5) is 0 Å². The summed E-state index contributed by atoms with van der Waals surface area (Å²) >= 11 is 0. The summed E-state index contributed by atoms with van der Waals surface area (Å²) in [7, 11) is 1.42. The number of rotatable bonds is 3. The highest BCUT2D eigenvalue weighted by atomic mass is 16.5. The van der Waals surface area contributed by atoms with Gasteiger partial charge in [0.25, 0.3) is 0 Å². The van der Waals surface area contributed by atoms with Crippen LogP contribution >= 0.6 is 0 Å². The summed E-state index contributed by atoms with van der Waals surface area (Å²) in [4.78, 5) is 11.3. The van der Waals surface area contributed by atoms with E-state index in [2.05, 4.69) is 0 Å². The summed E-state index contributed by atoms with van der Waals surface area (Å²) in [6, 6.07) is 7.70. The first-order chi connectivity index (χ1) is 8.78. The Morgan fingerprint density at radius 3 is 2.94 bits per heavy atom. The number of ether oxygens (including phenoxy) is 2. The molecule has 0 saturated heterocycles. The normalized spacial score (nSPS) is 22.5. The quantitative estimate of drug-likeness (QED) is 0.781. The SMILES string of the molecule is COC(=O)[C@H]1C[C@H](Oc2cccc3ccoc23)C1. The van der Waals surface area contributed by atoms with Gasteiger partial charge >= 0.3 is 5.97 Å². The summed E-state index contributed by atoms with van der Waals surface area (Å²) < 4.78 is 15.9. The summed E-state index contributed by atoms with van der Waals surface area (Å²) in [5.74, 6) is 0.577. The first-order valence-corrected chi connectivity index (χ1v) is 5.98. The molecule has 2 aromatic rings. The molecule has 18 heavy (non-hydrogen) atoms. The number of carbonyl (C=O) groups excluding carboxylic acids is 1. The highest BCUT2D eigenvalue weighted by Crippen LogP contribution is 2.35. The molecule has 4 nitrogen and oxygen atoms in total. The number of carbonyl (C=O) groups is 1. The van der Waals surface area contributed by atoms with Gasteiger partial charge in [0.1, 0.15) is 6.10 Å². The van der Waals surface area contributed by atoms with Crippen molar-refractivity contribution < 1.29 is 18.7 Å². The molecule has 1 aliphatic carbocycles. The van der Waals surface area contributed by atoms with E-state index in [1.165, 1.54) is 7.11 Å². The molecule has 3 rings (SSSR count). The van der Waals surface area contributed by atoms with Crippen LogP contribution in [-0.2, 0) is 9.53 Å². The second-order valence-electron chi connectivity index (χ2n) is 4.53. The molecule has 1 aromatic carbocycles. The number of esters is 1. The molecule has 0 bridgehead atoms. The Labute approximate surface area is 104 Å². The van der Waals surface area contributed by atoms with Crippen LogP contribution < -0.4 is 4.74 Å². The predicted octanol–water partition coefficient (Wildman–Crippen LogP) is 2.76. The second kappa shape index (κ2) is 4.37. The molecule has 0 N–H and O–H groups in total. The molecule has 0 radical (unpaired) electrons. The Hall–Kier alpha value is -1.97. The predicted molar refractivity (Wildman–Crippen MR) is 65.4 cm³/mol. The van der Waals surface area contributed by atoms with E-state index < -0.39 is 0 Å². The van der Waals surface area contributed by atoms with E-state index >= 15 is 0 Å². The maximum atomic E-state index is 11.3. The lowest BCUT2D eigenvalue weighted by Crippen LogP contribution is -2.38. The number of furan rings is 1. The molecule has 1 aromatic heterocycles. The summed E-state index contributed by atoms with van der Waals surface area (Å²) in [6.07, 6.45) is 3.15. The van der Waals surface area contributed by atoms with Crippen LogP contribution in [0.5, 0.6) is 5.75 Å². The Morgan fingerprint density at radius 2 is 2.17 bits per heavy atom. The third-order valence-electron chi connectivity index (χ3n) is 3.37. The van der Waals surface area contributed by atoms with E-state index in [1.54, 1.807) is 6.26 Å². The van der Waals surface area contributed by atoms with E-state index in [0.29, 0.717) is 12.8 Å².